The van der Waals surface area contributed by atoms with Gasteiger partial charge >= 0.3 is 0 Å². The molecule has 0 saturated carbocycles. The number of allylic oxidation sites excluding steroid dienone is 2. The number of rotatable bonds is 2. The zero-order chi connectivity index (χ0) is 6.41. The highest BCUT2D eigenvalue weighted by atomic mass is 127. The lowest BCUT2D eigenvalue weighted by Crippen LogP contribution is -1.90. The van der Waals surface area contributed by atoms with E-state index in [2.05, 4.69) is 27.7 Å². The Morgan fingerprint density at radius 1 is 1.88 bits per heavy atom. The van der Waals surface area contributed by atoms with Crippen molar-refractivity contribution in [3.05, 3.63) is 12.2 Å². The quantitative estimate of drug-likeness (QED) is 0.248. The normalized spacial score (nSPS) is 13.0. The first-order chi connectivity index (χ1) is 3.81. The molecule has 0 aliphatic rings. The van der Waals surface area contributed by atoms with Crippen molar-refractivity contribution in [2.24, 2.45) is 10.9 Å². The molecule has 0 rings (SSSR count). The number of alkyl halides is 1. The minimum Gasteiger partial charge on any atom is -0.323 e. The molecule has 0 aliphatic carbocycles. The molecule has 8 heavy (non-hydrogen) atoms. The van der Waals surface area contributed by atoms with Crippen LogP contribution in [0.25, 0.3) is 0 Å². The SMILES string of the molecule is CC(/C=C\CI)=N/N. The molecule has 0 aromatic heterocycles. The van der Waals surface area contributed by atoms with Crippen LogP contribution < -0.4 is 5.84 Å². The van der Waals surface area contributed by atoms with Gasteiger partial charge in [0, 0.05) is 4.43 Å². The average Bonchev–Trinajstić information content (AvgIpc) is 1.83. The van der Waals surface area contributed by atoms with Crippen molar-refractivity contribution >= 4 is 28.3 Å². The van der Waals surface area contributed by atoms with Gasteiger partial charge in [-0.15, -0.1) is 0 Å². The number of nitrogens with zero attached hydrogens (tertiary/aromatic N) is 1. The minimum atomic E-state index is 0.863. The smallest absolute Gasteiger partial charge is 0.0566 e. The Hall–Kier alpha value is -0.0600. The Morgan fingerprint density at radius 3 is 2.88 bits per heavy atom. The molecule has 3 heteroatoms. The van der Waals surface area contributed by atoms with Gasteiger partial charge in [-0.05, 0) is 13.0 Å². The third-order valence-corrected chi connectivity index (χ3v) is 1.16. The molecule has 2 nitrogen and oxygen atoms in total. The summed E-state index contributed by atoms with van der Waals surface area (Å²) in [5.74, 6) is 4.95. The van der Waals surface area contributed by atoms with Crippen molar-refractivity contribution in [3.8, 4) is 0 Å². The van der Waals surface area contributed by atoms with Gasteiger partial charge in [-0.3, -0.25) is 0 Å². The molecule has 0 spiro atoms. The number of nitrogens with two attached hydrogens (primary N) is 1. The Labute approximate surface area is 63.0 Å². The number of hydrogen-bond donors (Lipinski definition) is 1. The van der Waals surface area contributed by atoms with E-state index in [1.165, 1.54) is 0 Å². The summed E-state index contributed by atoms with van der Waals surface area (Å²) in [4.78, 5) is 0. The topological polar surface area (TPSA) is 38.4 Å². The van der Waals surface area contributed by atoms with Gasteiger partial charge < -0.3 is 5.84 Å². The molecule has 0 unspecified atom stereocenters. The molecular formula is C5H9IN2. The van der Waals surface area contributed by atoms with Crippen LogP contribution in [0.15, 0.2) is 17.3 Å². The monoisotopic (exact) mass is 224 g/mol. The van der Waals surface area contributed by atoms with Crippen LogP contribution in [0.5, 0.6) is 0 Å². The molecule has 0 fully saturated rings. The van der Waals surface area contributed by atoms with Crippen molar-refractivity contribution in [2.75, 3.05) is 4.43 Å². The lowest BCUT2D eigenvalue weighted by molar-refractivity contribution is 1.24. The van der Waals surface area contributed by atoms with Crippen molar-refractivity contribution in [1.29, 1.82) is 0 Å². The molecule has 0 atom stereocenters. The molecule has 46 valence electrons. The molecule has 0 heterocycles. The van der Waals surface area contributed by atoms with Crippen LogP contribution in [0.3, 0.4) is 0 Å². The second-order valence-corrected chi connectivity index (χ2v) is 2.21. The summed E-state index contributed by atoms with van der Waals surface area (Å²) in [5.41, 5.74) is 0.863. The van der Waals surface area contributed by atoms with Gasteiger partial charge in [0.05, 0.1) is 5.71 Å². The van der Waals surface area contributed by atoms with E-state index < -0.39 is 0 Å². The Balaban J connectivity index is 3.53. The second kappa shape index (κ2) is 5.08. The van der Waals surface area contributed by atoms with Gasteiger partial charge in [-0.25, -0.2) is 0 Å². The van der Waals surface area contributed by atoms with E-state index in [-0.39, 0.29) is 0 Å². The van der Waals surface area contributed by atoms with Gasteiger partial charge in [-0.1, -0.05) is 28.7 Å². The third-order valence-electron chi connectivity index (χ3n) is 0.652. The second-order valence-electron chi connectivity index (χ2n) is 1.33. The van der Waals surface area contributed by atoms with Crippen LogP contribution in [0.1, 0.15) is 6.92 Å². The maximum atomic E-state index is 4.95. The summed E-state index contributed by atoms with van der Waals surface area (Å²) in [6, 6.07) is 0. The van der Waals surface area contributed by atoms with Gasteiger partial charge in [0.15, 0.2) is 0 Å². The summed E-state index contributed by atoms with van der Waals surface area (Å²) in [6.07, 6.45) is 3.90. The molecule has 0 bridgehead atoms. The van der Waals surface area contributed by atoms with Crippen molar-refractivity contribution in [1.82, 2.24) is 0 Å². The average molecular weight is 224 g/mol. The standard InChI is InChI=1S/C5H9IN2/c1-5(8-7)3-2-4-6/h2-3H,4,7H2,1H3/b3-2-,8-5-. The van der Waals surface area contributed by atoms with E-state index in [9.17, 15) is 0 Å². The molecule has 0 saturated heterocycles. The zero-order valence-corrected chi connectivity index (χ0v) is 6.92. The first-order valence-corrected chi connectivity index (χ1v) is 3.80. The fourth-order valence-corrected chi connectivity index (χ4v) is 0.512. The molecule has 2 N–H and O–H groups in total. The fraction of sp³-hybridized carbons (Fsp3) is 0.400. The van der Waals surface area contributed by atoms with E-state index in [1.54, 1.807) is 0 Å². The number of hydrogen-bond acceptors (Lipinski definition) is 2. The predicted molar refractivity (Wildman–Crippen MR) is 45.3 cm³/mol. The maximum absolute atomic E-state index is 4.95. The number of halogens is 1. The first kappa shape index (κ1) is 7.94. The molecule has 0 aliphatic heterocycles. The van der Waals surface area contributed by atoms with Crippen LogP contribution in [-0.4, -0.2) is 10.1 Å². The van der Waals surface area contributed by atoms with Crippen LogP contribution in [0.4, 0.5) is 0 Å². The molecule has 0 aromatic carbocycles. The van der Waals surface area contributed by atoms with Crippen molar-refractivity contribution in [3.63, 3.8) is 0 Å². The predicted octanol–water partition coefficient (Wildman–Crippen LogP) is 1.31. The van der Waals surface area contributed by atoms with E-state index in [4.69, 9.17) is 5.84 Å². The summed E-state index contributed by atoms with van der Waals surface area (Å²) in [6.45, 7) is 1.86. The van der Waals surface area contributed by atoms with Crippen molar-refractivity contribution in [2.45, 2.75) is 6.92 Å². The molecule has 0 radical (unpaired) electrons. The first-order valence-electron chi connectivity index (χ1n) is 2.28. The molecular weight excluding hydrogens is 215 g/mol. The summed E-state index contributed by atoms with van der Waals surface area (Å²) in [5, 5.41) is 3.45. The van der Waals surface area contributed by atoms with Crippen molar-refractivity contribution < 1.29 is 0 Å². The van der Waals surface area contributed by atoms with Crippen LogP contribution in [0.2, 0.25) is 0 Å². The number of hydrazone groups is 1. The Morgan fingerprint density at radius 2 is 2.50 bits per heavy atom. The highest BCUT2D eigenvalue weighted by molar-refractivity contribution is 14.1. The lowest BCUT2D eigenvalue weighted by atomic mass is 10.4. The summed E-state index contributed by atoms with van der Waals surface area (Å²) in [7, 11) is 0. The zero-order valence-electron chi connectivity index (χ0n) is 4.76. The van der Waals surface area contributed by atoms with E-state index >= 15 is 0 Å². The van der Waals surface area contributed by atoms with Gasteiger partial charge in [0.25, 0.3) is 0 Å². The van der Waals surface area contributed by atoms with Gasteiger partial charge in [0.1, 0.15) is 0 Å². The van der Waals surface area contributed by atoms with Crippen LogP contribution in [-0.2, 0) is 0 Å². The molecule has 0 amide bonds. The van der Waals surface area contributed by atoms with E-state index in [0.29, 0.717) is 0 Å². The fourth-order valence-electron chi connectivity index (χ4n) is 0.258. The van der Waals surface area contributed by atoms with Crippen LogP contribution >= 0.6 is 22.6 Å². The maximum Gasteiger partial charge on any atom is 0.0566 e. The summed E-state index contributed by atoms with van der Waals surface area (Å²) >= 11 is 2.25. The van der Waals surface area contributed by atoms with Gasteiger partial charge in [0.2, 0.25) is 0 Å². The molecule has 0 aromatic rings. The van der Waals surface area contributed by atoms with Gasteiger partial charge in [-0.2, -0.15) is 5.10 Å². The third kappa shape index (κ3) is 4.11. The minimum absolute atomic E-state index is 0.863. The summed E-state index contributed by atoms with van der Waals surface area (Å²) < 4.78 is 1.00. The largest absolute Gasteiger partial charge is 0.323 e. The highest BCUT2D eigenvalue weighted by Crippen LogP contribution is 1.83. The van der Waals surface area contributed by atoms with E-state index in [0.717, 1.165) is 10.1 Å². The van der Waals surface area contributed by atoms with Crippen LogP contribution in [0, 0.1) is 0 Å². The van der Waals surface area contributed by atoms with E-state index in [1.807, 2.05) is 19.1 Å². The lowest BCUT2D eigenvalue weighted by Gasteiger charge is -1.82. The highest BCUT2D eigenvalue weighted by Gasteiger charge is 1.75. The Bertz CT molecular complexity index is 107. The Kier molecular flexibility index (Phi) is 5.05.